The zero-order valence-corrected chi connectivity index (χ0v) is 14.3. The first kappa shape index (κ1) is 16.3. The summed E-state index contributed by atoms with van der Waals surface area (Å²) in [5.41, 5.74) is 2.45. The number of likely N-dealkylation sites (tertiary alicyclic amines) is 1. The Morgan fingerprint density at radius 2 is 2.12 bits per heavy atom. The van der Waals surface area contributed by atoms with E-state index in [9.17, 15) is 4.79 Å². The molecule has 3 heterocycles. The second-order valence-electron chi connectivity index (χ2n) is 6.35. The summed E-state index contributed by atoms with van der Waals surface area (Å²) >= 11 is 0. The average Bonchev–Trinajstić information content (AvgIpc) is 3.23. The van der Waals surface area contributed by atoms with Crippen LogP contribution in [0.1, 0.15) is 23.2 Å². The summed E-state index contributed by atoms with van der Waals surface area (Å²) in [6.07, 6.45) is 7.20. The predicted molar refractivity (Wildman–Crippen MR) is 98.6 cm³/mol. The van der Waals surface area contributed by atoms with Crippen LogP contribution in [0.4, 0.5) is 5.95 Å². The SMILES string of the molecule is O=C(c1ccccc1)N1CCCC(Nc2nccc(-c3cn[nH]c3)n2)C1. The number of anilines is 1. The number of aromatic nitrogens is 4. The molecule has 26 heavy (non-hydrogen) atoms. The summed E-state index contributed by atoms with van der Waals surface area (Å²) in [6, 6.07) is 11.4. The van der Waals surface area contributed by atoms with Crippen LogP contribution in [0.15, 0.2) is 55.0 Å². The number of nitrogens with zero attached hydrogens (tertiary/aromatic N) is 4. The van der Waals surface area contributed by atoms with Gasteiger partial charge in [-0.3, -0.25) is 9.89 Å². The van der Waals surface area contributed by atoms with Gasteiger partial charge in [-0.1, -0.05) is 18.2 Å². The normalized spacial score (nSPS) is 17.1. The maximum absolute atomic E-state index is 12.7. The topological polar surface area (TPSA) is 86.8 Å². The molecule has 0 spiro atoms. The van der Waals surface area contributed by atoms with E-state index in [2.05, 4.69) is 25.5 Å². The largest absolute Gasteiger partial charge is 0.350 e. The van der Waals surface area contributed by atoms with E-state index in [1.807, 2.05) is 41.3 Å². The minimum atomic E-state index is 0.0742. The highest BCUT2D eigenvalue weighted by Gasteiger charge is 2.24. The van der Waals surface area contributed by atoms with Crippen LogP contribution in [0.5, 0.6) is 0 Å². The minimum absolute atomic E-state index is 0.0742. The number of benzene rings is 1. The predicted octanol–water partition coefficient (Wildman–Crippen LogP) is 2.58. The third-order valence-electron chi connectivity index (χ3n) is 4.51. The Balaban J connectivity index is 1.44. The first-order valence-corrected chi connectivity index (χ1v) is 8.72. The molecule has 1 aliphatic heterocycles. The Kier molecular flexibility index (Phi) is 4.59. The Morgan fingerprint density at radius 1 is 1.23 bits per heavy atom. The van der Waals surface area contributed by atoms with Gasteiger partial charge >= 0.3 is 0 Å². The Morgan fingerprint density at radius 3 is 2.92 bits per heavy atom. The number of nitrogens with one attached hydrogen (secondary N) is 2. The van der Waals surface area contributed by atoms with E-state index in [1.54, 1.807) is 18.6 Å². The van der Waals surface area contributed by atoms with Crippen molar-refractivity contribution in [3.63, 3.8) is 0 Å². The van der Waals surface area contributed by atoms with Crippen LogP contribution >= 0.6 is 0 Å². The van der Waals surface area contributed by atoms with Gasteiger partial charge < -0.3 is 10.2 Å². The molecular weight excluding hydrogens is 328 g/mol. The molecule has 3 aromatic rings. The van der Waals surface area contributed by atoms with Gasteiger partial charge in [-0.2, -0.15) is 5.10 Å². The average molecular weight is 348 g/mol. The van der Waals surface area contributed by atoms with Gasteiger partial charge in [-0.15, -0.1) is 0 Å². The standard InChI is InChI=1S/C19H20N6O/c26-18(14-5-2-1-3-6-14)25-10-4-7-16(13-25)23-19-20-9-8-17(24-19)15-11-21-22-12-15/h1-3,5-6,8-9,11-12,16H,4,7,10,13H2,(H,21,22)(H,20,23,24). The molecule has 0 radical (unpaired) electrons. The number of hydrogen-bond acceptors (Lipinski definition) is 5. The Hall–Kier alpha value is -3.22. The summed E-state index contributed by atoms with van der Waals surface area (Å²) in [6.45, 7) is 1.43. The van der Waals surface area contributed by atoms with Gasteiger partial charge in [0, 0.05) is 42.7 Å². The Bertz CT molecular complexity index is 865. The lowest BCUT2D eigenvalue weighted by atomic mass is 10.0. The number of amides is 1. The number of piperidine rings is 1. The van der Waals surface area contributed by atoms with Crippen LogP contribution in [0.25, 0.3) is 11.3 Å². The zero-order chi connectivity index (χ0) is 17.8. The van der Waals surface area contributed by atoms with E-state index in [1.165, 1.54) is 0 Å². The molecule has 7 nitrogen and oxygen atoms in total. The van der Waals surface area contributed by atoms with Crippen LogP contribution in [0, 0.1) is 0 Å². The van der Waals surface area contributed by atoms with Crippen molar-refractivity contribution in [1.82, 2.24) is 25.1 Å². The van der Waals surface area contributed by atoms with Crippen molar-refractivity contribution >= 4 is 11.9 Å². The molecule has 2 N–H and O–H groups in total. The molecule has 0 aliphatic carbocycles. The van der Waals surface area contributed by atoms with Crippen molar-refractivity contribution in [2.45, 2.75) is 18.9 Å². The molecule has 1 fully saturated rings. The third-order valence-corrected chi connectivity index (χ3v) is 4.51. The highest BCUT2D eigenvalue weighted by molar-refractivity contribution is 5.94. The molecule has 1 unspecified atom stereocenters. The smallest absolute Gasteiger partial charge is 0.253 e. The summed E-state index contributed by atoms with van der Waals surface area (Å²) in [7, 11) is 0. The van der Waals surface area contributed by atoms with Crippen molar-refractivity contribution in [1.29, 1.82) is 0 Å². The first-order chi connectivity index (χ1) is 12.8. The fourth-order valence-electron chi connectivity index (χ4n) is 3.21. The number of hydrogen-bond donors (Lipinski definition) is 2. The number of carbonyl (C=O) groups excluding carboxylic acids is 1. The molecule has 1 saturated heterocycles. The van der Waals surface area contributed by atoms with Crippen molar-refractivity contribution < 1.29 is 4.79 Å². The maximum atomic E-state index is 12.7. The number of aromatic amines is 1. The second-order valence-corrected chi connectivity index (χ2v) is 6.35. The summed E-state index contributed by atoms with van der Waals surface area (Å²) < 4.78 is 0. The molecule has 0 saturated carbocycles. The lowest BCUT2D eigenvalue weighted by molar-refractivity contribution is 0.0714. The molecule has 1 aliphatic rings. The van der Waals surface area contributed by atoms with Crippen molar-refractivity contribution in [2.75, 3.05) is 18.4 Å². The van der Waals surface area contributed by atoms with Crippen molar-refractivity contribution in [3.05, 3.63) is 60.6 Å². The number of H-pyrrole nitrogens is 1. The summed E-state index contributed by atoms with van der Waals surface area (Å²) in [4.78, 5) is 23.4. The second kappa shape index (κ2) is 7.35. The van der Waals surface area contributed by atoms with E-state index in [0.29, 0.717) is 12.5 Å². The lowest BCUT2D eigenvalue weighted by Gasteiger charge is -2.33. The van der Waals surface area contributed by atoms with E-state index in [4.69, 9.17) is 0 Å². The van der Waals surface area contributed by atoms with Gasteiger partial charge in [-0.05, 0) is 31.0 Å². The van der Waals surface area contributed by atoms with Gasteiger partial charge in [0.25, 0.3) is 5.91 Å². The molecule has 4 rings (SSSR count). The van der Waals surface area contributed by atoms with Crippen LogP contribution in [0.3, 0.4) is 0 Å². The number of rotatable bonds is 4. The van der Waals surface area contributed by atoms with E-state index < -0.39 is 0 Å². The lowest BCUT2D eigenvalue weighted by Crippen LogP contribution is -2.45. The van der Waals surface area contributed by atoms with E-state index in [0.717, 1.165) is 36.2 Å². The van der Waals surface area contributed by atoms with Crippen molar-refractivity contribution in [3.8, 4) is 11.3 Å². The highest BCUT2D eigenvalue weighted by Crippen LogP contribution is 2.19. The van der Waals surface area contributed by atoms with Crippen LogP contribution in [-0.2, 0) is 0 Å². The van der Waals surface area contributed by atoms with Crippen molar-refractivity contribution in [2.24, 2.45) is 0 Å². The van der Waals surface area contributed by atoms with Gasteiger partial charge in [0.05, 0.1) is 11.9 Å². The molecule has 1 aromatic carbocycles. The molecular formula is C19H20N6O. The maximum Gasteiger partial charge on any atom is 0.253 e. The molecule has 132 valence electrons. The molecule has 1 amide bonds. The monoisotopic (exact) mass is 348 g/mol. The molecule has 7 heteroatoms. The van der Waals surface area contributed by atoms with Gasteiger partial charge in [0.1, 0.15) is 0 Å². The van der Waals surface area contributed by atoms with Gasteiger partial charge in [0.2, 0.25) is 5.95 Å². The molecule has 1 atom stereocenters. The minimum Gasteiger partial charge on any atom is -0.350 e. The Labute approximate surface area is 151 Å². The highest BCUT2D eigenvalue weighted by atomic mass is 16.2. The van der Waals surface area contributed by atoms with Crippen LogP contribution in [0.2, 0.25) is 0 Å². The fraction of sp³-hybridized carbons (Fsp3) is 0.263. The molecule has 0 bridgehead atoms. The van der Waals surface area contributed by atoms with Gasteiger partial charge in [0.15, 0.2) is 0 Å². The zero-order valence-electron chi connectivity index (χ0n) is 14.3. The summed E-state index contributed by atoms with van der Waals surface area (Å²) in [5.74, 6) is 0.646. The fourth-order valence-corrected chi connectivity index (χ4v) is 3.21. The van der Waals surface area contributed by atoms with Crippen LogP contribution in [-0.4, -0.2) is 50.1 Å². The third kappa shape index (κ3) is 3.56. The van der Waals surface area contributed by atoms with E-state index in [-0.39, 0.29) is 11.9 Å². The van der Waals surface area contributed by atoms with Crippen LogP contribution < -0.4 is 5.32 Å². The van der Waals surface area contributed by atoms with E-state index >= 15 is 0 Å². The van der Waals surface area contributed by atoms with Gasteiger partial charge in [-0.25, -0.2) is 9.97 Å². The first-order valence-electron chi connectivity index (χ1n) is 8.72. The molecule has 2 aromatic heterocycles. The quantitative estimate of drug-likeness (QED) is 0.757. The summed E-state index contributed by atoms with van der Waals surface area (Å²) in [5, 5.41) is 10.1. The number of carbonyl (C=O) groups is 1.